The topological polar surface area (TPSA) is 46.3 Å². The highest BCUT2D eigenvalue weighted by molar-refractivity contribution is 6.30. The third-order valence-electron chi connectivity index (χ3n) is 5.03. The maximum atomic E-state index is 13.8. The molecule has 31 heavy (non-hydrogen) atoms. The molecule has 1 aliphatic rings. The molecule has 154 valence electrons. The molecule has 2 heterocycles. The summed E-state index contributed by atoms with van der Waals surface area (Å²) in [4.78, 5) is 0. The van der Waals surface area contributed by atoms with E-state index in [9.17, 15) is 8.78 Å². The number of hydrogen-bond acceptors (Lipinski definition) is 4. The first kappa shape index (κ1) is 19.4. The standard InChI is InChI=1S/C23H16ClF2N5/c1-14-27-28-23-30(13-15-10-18(25)12-19(26)11-15)29-22(16-6-8-17(24)9-7-16)20-4-2-3-5-21(20)31(14)23/h2-12H,13H2,1H3. The minimum Gasteiger partial charge on any atom is -0.263 e. The second kappa shape index (κ2) is 7.59. The number of para-hydroxylation sites is 1. The van der Waals surface area contributed by atoms with Crippen LogP contribution in [0.2, 0.25) is 5.02 Å². The lowest BCUT2D eigenvalue weighted by Crippen LogP contribution is -2.20. The zero-order valence-electron chi connectivity index (χ0n) is 16.4. The first-order valence-corrected chi connectivity index (χ1v) is 9.96. The Bertz CT molecular complexity index is 1290. The van der Waals surface area contributed by atoms with E-state index in [2.05, 4.69) is 10.2 Å². The molecule has 0 fully saturated rings. The normalized spacial score (nSPS) is 12.8. The van der Waals surface area contributed by atoms with Crippen LogP contribution < -0.4 is 5.01 Å². The van der Waals surface area contributed by atoms with Crippen molar-refractivity contribution in [1.82, 2.24) is 14.8 Å². The van der Waals surface area contributed by atoms with Crippen LogP contribution in [0.3, 0.4) is 0 Å². The van der Waals surface area contributed by atoms with Crippen LogP contribution in [0.5, 0.6) is 0 Å². The van der Waals surface area contributed by atoms with E-state index in [0.717, 1.165) is 22.9 Å². The molecule has 5 nitrogen and oxygen atoms in total. The Hall–Kier alpha value is -3.58. The highest BCUT2D eigenvalue weighted by atomic mass is 35.5. The maximum Gasteiger partial charge on any atom is 0.252 e. The smallest absolute Gasteiger partial charge is 0.252 e. The first-order valence-electron chi connectivity index (χ1n) is 9.58. The number of hydrazone groups is 1. The number of halogens is 3. The molecule has 0 saturated heterocycles. The fourth-order valence-electron chi connectivity index (χ4n) is 3.69. The first-order chi connectivity index (χ1) is 15.0. The van der Waals surface area contributed by atoms with Gasteiger partial charge in [0.2, 0.25) is 0 Å². The molecule has 0 bridgehead atoms. The largest absolute Gasteiger partial charge is 0.263 e. The number of aryl methyl sites for hydroxylation is 1. The molecule has 8 heteroatoms. The van der Waals surface area contributed by atoms with Gasteiger partial charge >= 0.3 is 0 Å². The van der Waals surface area contributed by atoms with E-state index in [0.29, 0.717) is 28.1 Å². The molecule has 5 rings (SSSR count). The second-order valence-electron chi connectivity index (χ2n) is 7.19. The summed E-state index contributed by atoms with van der Waals surface area (Å²) >= 11 is 6.08. The number of rotatable bonds is 3. The molecule has 0 unspecified atom stereocenters. The van der Waals surface area contributed by atoms with Gasteiger partial charge < -0.3 is 0 Å². The van der Waals surface area contributed by atoms with E-state index in [4.69, 9.17) is 16.7 Å². The minimum atomic E-state index is -0.646. The summed E-state index contributed by atoms with van der Waals surface area (Å²) < 4.78 is 29.5. The van der Waals surface area contributed by atoms with E-state index in [1.165, 1.54) is 12.1 Å². The van der Waals surface area contributed by atoms with Crippen molar-refractivity contribution in [2.24, 2.45) is 5.10 Å². The number of anilines is 1. The van der Waals surface area contributed by atoms with Gasteiger partial charge in [-0.25, -0.2) is 13.8 Å². The third-order valence-corrected chi connectivity index (χ3v) is 5.28. The molecular formula is C23H16ClF2N5. The zero-order valence-corrected chi connectivity index (χ0v) is 17.2. The predicted molar refractivity (Wildman–Crippen MR) is 116 cm³/mol. The van der Waals surface area contributed by atoms with Crippen molar-refractivity contribution < 1.29 is 8.78 Å². The number of fused-ring (bicyclic) bond motifs is 3. The molecule has 4 aromatic rings. The van der Waals surface area contributed by atoms with Gasteiger partial charge in [-0.15, -0.1) is 10.2 Å². The summed E-state index contributed by atoms with van der Waals surface area (Å²) in [6.07, 6.45) is 0. The lowest BCUT2D eigenvalue weighted by molar-refractivity contribution is 0.578. The van der Waals surface area contributed by atoms with Crippen molar-refractivity contribution in [3.63, 3.8) is 0 Å². The third kappa shape index (κ3) is 3.57. The van der Waals surface area contributed by atoms with E-state index in [1.54, 1.807) is 17.1 Å². The summed E-state index contributed by atoms with van der Waals surface area (Å²) in [5.74, 6) is -0.163. The van der Waals surface area contributed by atoms with Crippen LogP contribution in [-0.2, 0) is 6.54 Å². The molecule has 3 aromatic carbocycles. The van der Waals surface area contributed by atoms with Gasteiger partial charge in [0.05, 0.1) is 12.2 Å². The Kier molecular flexibility index (Phi) is 4.75. The molecule has 0 atom stereocenters. The molecule has 0 saturated carbocycles. The van der Waals surface area contributed by atoms with Crippen LogP contribution in [0.15, 0.2) is 71.8 Å². The van der Waals surface area contributed by atoms with Crippen LogP contribution in [0.1, 0.15) is 22.5 Å². The maximum absolute atomic E-state index is 13.8. The van der Waals surface area contributed by atoms with Gasteiger partial charge in [-0.2, -0.15) is 5.10 Å². The van der Waals surface area contributed by atoms with Gasteiger partial charge in [0.15, 0.2) is 0 Å². The summed E-state index contributed by atoms with van der Waals surface area (Å²) in [6, 6.07) is 18.6. The van der Waals surface area contributed by atoms with Gasteiger partial charge in [-0.1, -0.05) is 41.9 Å². The average Bonchev–Trinajstić information content (AvgIpc) is 3.06. The van der Waals surface area contributed by atoms with Gasteiger partial charge in [-0.05, 0) is 42.8 Å². The van der Waals surface area contributed by atoms with Crippen LogP contribution in [0.4, 0.5) is 14.7 Å². The highest BCUT2D eigenvalue weighted by Gasteiger charge is 2.26. The van der Waals surface area contributed by atoms with Gasteiger partial charge in [-0.3, -0.25) is 4.57 Å². The number of hydrogen-bond donors (Lipinski definition) is 0. The van der Waals surface area contributed by atoms with Crippen molar-refractivity contribution in [1.29, 1.82) is 0 Å². The molecule has 1 aromatic heterocycles. The molecule has 0 aliphatic carbocycles. The van der Waals surface area contributed by atoms with Crippen LogP contribution in [0.25, 0.3) is 5.69 Å². The van der Waals surface area contributed by atoms with Crippen molar-refractivity contribution in [3.05, 3.63) is 106 Å². The number of nitrogens with zero attached hydrogens (tertiary/aromatic N) is 5. The Morgan fingerprint density at radius 1 is 0.903 bits per heavy atom. The van der Waals surface area contributed by atoms with Crippen molar-refractivity contribution >= 4 is 23.3 Å². The second-order valence-corrected chi connectivity index (χ2v) is 7.63. The van der Waals surface area contributed by atoms with E-state index < -0.39 is 11.6 Å². The Morgan fingerprint density at radius 3 is 2.35 bits per heavy atom. The Labute approximate surface area is 182 Å². The van der Waals surface area contributed by atoms with E-state index >= 15 is 0 Å². The van der Waals surface area contributed by atoms with Gasteiger partial charge in [0.25, 0.3) is 5.95 Å². The monoisotopic (exact) mass is 435 g/mol. The summed E-state index contributed by atoms with van der Waals surface area (Å²) in [5.41, 5.74) is 3.70. The van der Waals surface area contributed by atoms with Gasteiger partial charge in [0.1, 0.15) is 23.2 Å². The minimum absolute atomic E-state index is 0.109. The molecular weight excluding hydrogens is 420 g/mol. The van der Waals surface area contributed by atoms with Gasteiger partial charge in [0, 0.05) is 22.2 Å². The lowest BCUT2D eigenvalue weighted by atomic mass is 10.0. The van der Waals surface area contributed by atoms with Crippen molar-refractivity contribution in [2.75, 3.05) is 5.01 Å². The van der Waals surface area contributed by atoms with E-state index in [1.807, 2.05) is 47.9 Å². The van der Waals surface area contributed by atoms with E-state index in [-0.39, 0.29) is 6.54 Å². The summed E-state index contributed by atoms with van der Waals surface area (Å²) in [7, 11) is 0. The quantitative estimate of drug-likeness (QED) is 0.440. The highest BCUT2D eigenvalue weighted by Crippen LogP contribution is 2.30. The summed E-state index contributed by atoms with van der Waals surface area (Å²) in [6.45, 7) is 1.96. The molecule has 0 spiro atoms. The lowest BCUT2D eigenvalue weighted by Gasteiger charge is -2.18. The number of benzene rings is 3. The fraction of sp³-hybridized carbons (Fsp3) is 0.0870. The molecule has 0 radical (unpaired) electrons. The predicted octanol–water partition coefficient (Wildman–Crippen LogP) is 5.28. The fourth-order valence-corrected chi connectivity index (χ4v) is 3.82. The van der Waals surface area contributed by atoms with Crippen LogP contribution in [-0.4, -0.2) is 20.5 Å². The van der Waals surface area contributed by atoms with Crippen LogP contribution in [0, 0.1) is 18.6 Å². The SMILES string of the molecule is Cc1nnc2n1-c1ccccc1C(c1ccc(Cl)cc1)=NN2Cc1cc(F)cc(F)c1. The molecule has 0 amide bonds. The molecule has 0 N–H and O–H groups in total. The molecule has 1 aliphatic heterocycles. The van der Waals surface area contributed by atoms with Crippen molar-refractivity contribution in [2.45, 2.75) is 13.5 Å². The van der Waals surface area contributed by atoms with Crippen molar-refractivity contribution in [3.8, 4) is 5.69 Å². The summed E-state index contributed by atoms with van der Waals surface area (Å²) in [5, 5.41) is 15.6. The average molecular weight is 436 g/mol. The Balaban J connectivity index is 1.72. The Morgan fingerprint density at radius 2 is 1.61 bits per heavy atom. The van der Waals surface area contributed by atoms with Crippen LogP contribution >= 0.6 is 11.6 Å². The number of aromatic nitrogens is 3. The zero-order chi connectivity index (χ0) is 21.5.